The molecule has 1 unspecified atom stereocenters. The molecule has 1 atom stereocenters. The van der Waals surface area contributed by atoms with Crippen molar-refractivity contribution < 1.29 is 9.47 Å². The molecule has 5 heteroatoms. The standard InChI is InChI=1S/C20H21N3O2/c1-24-17-7-16(23-5-4-14-6-15(14)12-23)8-18(9-17)25-19-10-21-20(22-11-19)13-2-3-13/h6-11,13-14H,2-5,12H2,1H3. The van der Waals surface area contributed by atoms with Crippen molar-refractivity contribution in [3.63, 3.8) is 0 Å². The number of hydrogen-bond donors (Lipinski definition) is 0. The molecule has 1 aromatic heterocycles. The zero-order valence-electron chi connectivity index (χ0n) is 14.3. The van der Waals surface area contributed by atoms with Crippen molar-refractivity contribution in [1.29, 1.82) is 0 Å². The summed E-state index contributed by atoms with van der Waals surface area (Å²) in [7, 11) is 1.69. The third-order valence-electron chi connectivity index (χ3n) is 5.16. The molecule has 0 spiro atoms. The van der Waals surface area contributed by atoms with Crippen LogP contribution >= 0.6 is 0 Å². The van der Waals surface area contributed by atoms with E-state index in [0.29, 0.717) is 11.7 Å². The summed E-state index contributed by atoms with van der Waals surface area (Å²) in [6.45, 7) is 2.08. The Bertz CT molecular complexity index is 827. The van der Waals surface area contributed by atoms with E-state index in [4.69, 9.17) is 9.47 Å². The van der Waals surface area contributed by atoms with E-state index in [1.807, 2.05) is 6.07 Å². The van der Waals surface area contributed by atoms with Gasteiger partial charge in [0.2, 0.25) is 0 Å². The minimum absolute atomic E-state index is 0.553. The Hall–Kier alpha value is -2.56. The van der Waals surface area contributed by atoms with Crippen LogP contribution in [0.3, 0.4) is 0 Å². The van der Waals surface area contributed by atoms with Gasteiger partial charge in [-0.3, -0.25) is 0 Å². The summed E-state index contributed by atoms with van der Waals surface area (Å²) >= 11 is 0. The minimum Gasteiger partial charge on any atom is -0.497 e. The summed E-state index contributed by atoms with van der Waals surface area (Å²) < 4.78 is 11.5. The van der Waals surface area contributed by atoms with Crippen LogP contribution in [0, 0.1) is 5.92 Å². The van der Waals surface area contributed by atoms with Gasteiger partial charge in [-0.15, -0.1) is 0 Å². The van der Waals surface area contributed by atoms with Crippen molar-refractivity contribution >= 4 is 5.69 Å². The van der Waals surface area contributed by atoms with Crippen molar-refractivity contribution in [3.8, 4) is 17.2 Å². The maximum Gasteiger partial charge on any atom is 0.164 e. The third kappa shape index (κ3) is 3.06. The van der Waals surface area contributed by atoms with Crippen LogP contribution in [-0.4, -0.2) is 30.2 Å². The van der Waals surface area contributed by atoms with Gasteiger partial charge in [0, 0.05) is 48.8 Å². The zero-order valence-corrected chi connectivity index (χ0v) is 14.3. The van der Waals surface area contributed by atoms with E-state index in [1.54, 1.807) is 25.1 Å². The Labute approximate surface area is 147 Å². The zero-order chi connectivity index (χ0) is 16.8. The summed E-state index contributed by atoms with van der Waals surface area (Å²) in [4.78, 5) is 11.2. The van der Waals surface area contributed by atoms with Gasteiger partial charge in [-0.25, -0.2) is 9.97 Å². The second kappa shape index (κ2) is 5.76. The molecule has 5 nitrogen and oxygen atoms in total. The van der Waals surface area contributed by atoms with E-state index in [0.717, 1.165) is 42.0 Å². The average molecular weight is 335 g/mol. The minimum atomic E-state index is 0.553. The molecule has 128 valence electrons. The van der Waals surface area contributed by atoms with Crippen LogP contribution in [0.5, 0.6) is 17.2 Å². The lowest BCUT2D eigenvalue weighted by Crippen LogP contribution is -2.30. The molecule has 3 aliphatic rings. The topological polar surface area (TPSA) is 47.5 Å². The molecule has 1 saturated heterocycles. The van der Waals surface area contributed by atoms with Gasteiger partial charge in [-0.05, 0) is 24.8 Å². The van der Waals surface area contributed by atoms with E-state index in [2.05, 4.69) is 33.1 Å². The Kier molecular flexibility index (Phi) is 3.40. The number of aromatic nitrogens is 2. The van der Waals surface area contributed by atoms with Crippen LogP contribution in [-0.2, 0) is 0 Å². The van der Waals surface area contributed by atoms with Crippen LogP contribution < -0.4 is 14.4 Å². The molecule has 0 N–H and O–H groups in total. The molecule has 2 fully saturated rings. The second-order valence-corrected chi connectivity index (χ2v) is 7.08. The van der Waals surface area contributed by atoms with Crippen molar-refractivity contribution in [1.82, 2.24) is 9.97 Å². The highest BCUT2D eigenvalue weighted by molar-refractivity contribution is 5.58. The fourth-order valence-electron chi connectivity index (χ4n) is 3.45. The maximum atomic E-state index is 6.00. The smallest absolute Gasteiger partial charge is 0.164 e. The van der Waals surface area contributed by atoms with E-state index in [9.17, 15) is 0 Å². The summed E-state index contributed by atoms with van der Waals surface area (Å²) in [6.07, 6.45) is 9.51. The predicted molar refractivity (Wildman–Crippen MR) is 95.5 cm³/mol. The highest BCUT2D eigenvalue weighted by Gasteiger charge is 2.31. The number of benzene rings is 1. The molecule has 5 rings (SSSR count). The number of piperidine rings is 1. The van der Waals surface area contributed by atoms with Crippen LogP contribution in [0.2, 0.25) is 0 Å². The lowest BCUT2D eigenvalue weighted by atomic mass is 10.1. The van der Waals surface area contributed by atoms with E-state index in [1.165, 1.54) is 19.3 Å². The molecule has 25 heavy (non-hydrogen) atoms. The van der Waals surface area contributed by atoms with E-state index in [-0.39, 0.29) is 0 Å². The molecule has 0 radical (unpaired) electrons. The highest BCUT2D eigenvalue weighted by atomic mass is 16.5. The van der Waals surface area contributed by atoms with Gasteiger partial charge < -0.3 is 14.4 Å². The molecule has 1 aromatic carbocycles. The number of hydrogen-bond acceptors (Lipinski definition) is 5. The quantitative estimate of drug-likeness (QED) is 0.775. The van der Waals surface area contributed by atoms with Crippen LogP contribution in [0.25, 0.3) is 0 Å². The summed E-state index contributed by atoms with van der Waals surface area (Å²) in [5, 5.41) is 0. The number of rotatable bonds is 5. The number of fused-ring (bicyclic) bond motifs is 1. The first-order valence-corrected chi connectivity index (χ1v) is 8.93. The fraction of sp³-hybridized carbons (Fsp3) is 0.400. The summed E-state index contributed by atoms with van der Waals surface area (Å²) in [5.41, 5.74) is 2.69. The van der Waals surface area contributed by atoms with Gasteiger partial charge in [-0.2, -0.15) is 0 Å². The van der Waals surface area contributed by atoms with Crippen LogP contribution in [0.15, 0.2) is 42.2 Å². The molecule has 0 bridgehead atoms. The van der Waals surface area contributed by atoms with Gasteiger partial charge in [0.25, 0.3) is 0 Å². The first-order valence-electron chi connectivity index (χ1n) is 8.93. The van der Waals surface area contributed by atoms with Crippen LogP contribution in [0.4, 0.5) is 5.69 Å². The Morgan fingerprint density at radius 2 is 1.80 bits per heavy atom. The molecule has 2 aromatic rings. The number of allylic oxidation sites excluding steroid dienone is 1. The van der Waals surface area contributed by atoms with E-state index < -0.39 is 0 Å². The Morgan fingerprint density at radius 1 is 1.00 bits per heavy atom. The third-order valence-corrected chi connectivity index (χ3v) is 5.16. The van der Waals surface area contributed by atoms with Crippen molar-refractivity contribution in [2.24, 2.45) is 5.92 Å². The Balaban J connectivity index is 1.37. The van der Waals surface area contributed by atoms with Gasteiger partial charge in [0.1, 0.15) is 17.3 Å². The van der Waals surface area contributed by atoms with Gasteiger partial charge >= 0.3 is 0 Å². The van der Waals surface area contributed by atoms with Gasteiger partial charge in [-0.1, -0.05) is 6.08 Å². The number of anilines is 1. The number of ether oxygens (including phenoxy) is 2. The molecular weight excluding hydrogens is 314 g/mol. The normalized spacial score (nSPS) is 21.4. The monoisotopic (exact) mass is 335 g/mol. The van der Waals surface area contributed by atoms with Gasteiger partial charge in [0.05, 0.1) is 19.5 Å². The summed E-state index contributed by atoms with van der Waals surface area (Å²) in [6, 6.07) is 6.05. The lowest BCUT2D eigenvalue weighted by molar-refractivity contribution is 0.408. The molecule has 2 aliphatic carbocycles. The predicted octanol–water partition coefficient (Wildman–Crippen LogP) is 3.92. The first-order chi connectivity index (χ1) is 12.3. The van der Waals surface area contributed by atoms with Crippen LogP contribution in [0.1, 0.15) is 31.0 Å². The van der Waals surface area contributed by atoms with Crippen molar-refractivity contribution in [2.45, 2.75) is 25.2 Å². The largest absolute Gasteiger partial charge is 0.497 e. The highest BCUT2D eigenvalue weighted by Crippen LogP contribution is 2.40. The SMILES string of the molecule is COc1cc(Oc2cnc(C3CC3)nc2)cc(N2CCC3C=C3C2)c1. The first kappa shape index (κ1) is 14.8. The maximum absolute atomic E-state index is 6.00. The van der Waals surface area contributed by atoms with Crippen molar-refractivity contribution in [2.75, 3.05) is 25.1 Å². The fourth-order valence-corrected chi connectivity index (χ4v) is 3.45. The molecule has 1 saturated carbocycles. The average Bonchev–Trinajstić information content (AvgIpc) is 3.55. The molecular formula is C20H21N3O2. The van der Waals surface area contributed by atoms with Gasteiger partial charge in [0.15, 0.2) is 5.75 Å². The summed E-state index contributed by atoms with van der Waals surface area (Å²) in [5.74, 6) is 4.46. The Morgan fingerprint density at radius 3 is 2.52 bits per heavy atom. The molecule has 0 amide bonds. The lowest BCUT2D eigenvalue weighted by Gasteiger charge is -2.28. The molecule has 1 aliphatic heterocycles. The second-order valence-electron chi connectivity index (χ2n) is 7.08. The number of methoxy groups -OCH3 is 1. The van der Waals surface area contributed by atoms with Crippen molar-refractivity contribution in [3.05, 3.63) is 48.1 Å². The molecule has 2 heterocycles. The van der Waals surface area contributed by atoms with E-state index >= 15 is 0 Å². The number of nitrogens with zero attached hydrogens (tertiary/aromatic N) is 3.